The van der Waals surface area contributed by atoms with Gasteiger partial charge in [0.15, 0.2) is 5.65 Å². The van der Waals surface area contributed by atoms with E-state index in [2.05, 4.69) is 46.0 Å². The number of amides is 1. The van der Waals surface area contributed by atoms with E-state index in [1.807, 2.05) is 63.4 Å². The summed E-state index contributed by atoms with van der Waals surface area (Å²) in [6, 6.07) is 20.7. The average Bonchev–Trinajstić information content (AvgIpc) is 3.23. The van der Waals surface area contributed by atoms with Gasteiger partial charge in [0, 0.05) is 11.8 Å². The van der Waals surface area contributed by atoms with Crippen LogP contribution in [0.25, 0.3) is 5.65 Å². The maximum Gasteiger partial charge on any atom is 0.408 e. The zero-order valence-electron chi connectivity index (χ0n) is 20.8. The van der Waals surface area contributed by atoms with Gasteiger partial charge in [0.25, 0.3) is 0 Å². The van der Waals surface area contributed by atoms with Gasteiger partial charge >= 0.3 is 6.09 Å². The van der Waals surface area contributed by atoms with Crippen LogP contribution in [0, 0.1) is 13.8 Å². The first kappa shape index (κ1) is 23.1. The molecule has 1 N–H and O–H groups in total. The third kappa shape index (κ3) is 4.29. The molecule has 1 aliphatic carbocycles. The second kappa shape index (κ2) is 8.84. The van der Waals surface area contributed by atoms with Gasteiger partial charge in [0.1, 0.15) is 12.4 Å². The molecule has 35 heavy (non-hydrogen) atoms. The van der Waals surface area contributed by atoms with Crippen molar-refractivity contribution in [1.29, 1.82) is 0 Å². The number of nitrogens with one attached hydrogen (secondary N) is 1. The molecule has 1 saturated carbocycles. The van der Waals surface area contributed by atoms with Crippen LogP contribution in [0.4, 0.5) is 4.79 Å². The van der Waals surface area contributed by atoms with E-state index in [1.165, 1.54) is 23.1 Å². The van der Waals surface area contributed by atoms with Crippen molar-refractivity contribution in [2.24, 2.45) is 0 Å². The quantitative estimate of drug-likeness (QED) is 0.378. The Labute approximate surface area is 206 Å². The minimum absolute atomic E-state index is 0.129. The van der Waals surface area contributed by atoms with Crippen molar-refractivity contribution in [2.45, 2.75) is 64.5 Å². The SMILES string of the molecule is Cc1ccc(COC(=O)NC(C)(C)c2cccn3c(C4(c5ccc(C)cc5)CCC4)nnc23)cc1. The molecule has 6 nitrogen and oxygen atoms in total. The van der Waals surface area contributed by atoms with Crippen LogP contribution in [0.2, 0.25) is 0 Å². The van der Waals surface area contributed by atoms with Gasteiger partial charge in [-0.3, -0.25) is 4.40 Å². The summed E-state index contributed by atoms with van der Waals surface area (Å²) in [5, 5.41) is 12.3. The second-order valence-electron chi connectivity index (χ2n) is 10.3. The molecule has 2 aromatic carbocycles. The predicted molar refractivity (Wildman–Crippen MR) is 136 cm³/mol. The highest BCUT2D eigenvalue weighted by Gasteiger charge is 2.44. The van der Waals surface area contributed by atoms with Crippen LogP contribution in [0.1, 0.15) is 66.8 Å². The molecule has 1 fully saturated rings. The number of pyridine rings is 1. The molecule has 0 spiro atoms. The molecule has 0 radical (unpaired) electrons. The highest BCUT2D eigenvalue weighted by atomic mass is 16.5. The minimum Gasteiger partial charge on any atom is -0.445 e. The number of benzene rings is 2. The van der Waals surface area contributed by atoms with Crippen molar-refractivity contribution in [2.75, 3.05) is 0 Å². The first-order valence-electron chi connectivity index (χ1n) is 12.2. The zero-order chi connectivity index (χ0) is 24.6. The molecule has 0 unspecified atom stereocenters. The van der Waals surface area contributed by atoms with Crippen LogP contribution in [0.3, 0.4) is 0 Å². The number of rotatable bonds is 6. The number of aryl methyl sites for hydroxylation is 2. The number of aromatic nitrogens is 3. The lowest BCUT2D eigenvalue weighted by molar-refractivity contribution is 0.129. The van der Waals surface area contributed by atoms with Crippen molar-refractivity contribution >= 4 is 11.7 Å². The normalized spacial score (nSPS) is 15.0. The van der Waals surface area contributed by atoms with Crippen LogP contribution in [-0.4, -0.2) is 20.7 Å². The van der Waals surface area contributed by atoms with E-state index in [1.54, 1.807) is 0 Å². The molecule has 2 heterocycles. The highest BCUT2D eigenvalue weighted by Crippen LogP contribution is 2.48. The Bertz CT molecular complexity index is 1350. The van der Waals surface area contributed by atoms with E-state index in [4.69, 9.17) is 9.84 Å². The smallest absolute Gasteiger partial charge is 0.408 e. The Hall–Kier alpha value is -3.67. The van der Waals surface area contributed by atoms with Gasteiger partial charge in [-0.1, -0.05) is 72.1 Å². The topological polar surface area (TPSA) is 68.5 Å². The van der Waals surface area contributed by atoms with E-state index in [0.29, 0.717) is 0 Å². The molecule has 0 aliphatic heterocycles. The lowest BCUT2D eigenvalue weighted by Gasteiger charge is -2.41. The lowest BCUT2D eigenvalue weighted by atomic mass is 9.63. The van der Waals surface area contributed by atoms with Gasteiger partial charge in [-0.2, -0.15) is 0 Å². The van der Waals surface area contributed by atoms with Gasteiger partial charge in [0.05, 0.1) is 11.0 Å². The van der Waals surface area contributed by atoms with Crippen LogP contribution in [0.5, 0.6) is 0 Å². The average molecular weight is 469 g/mol. The van der Waals surface area contributed by atoms with Crippen molar-refractivity contribution in [3.8, 4) is 0 Å². The van der Waals surface area contributed by atoms with Gasteiger partial charge in [-0.25, -0.2) is 4.79 Å². The summed E-state index contributed by atoms with van der Waals surface area (Å²) in [6.45, 7) is 8.28. The van der Waals surface area contributed by atoms with Gasteiger partial charge in [-0.15, -0.1) is 10.2 Å². The minimum atomic E-state index is -0.701. The summed E-state index contributed by atoms with van der Waals surface area (Å²) in [5.74, 6) is 0.960. The summed E-state index contributed by atoms with van der Waals surface area (Å²) >= 11 is 0. The summed E-state index contributed by atoms with van der Waals surface area (Å²) in [4.78, 5) is 12.7. The maximum absolute atomic E-state index is 12.7. The van der Waals surface area contributed by atoms with Crippen molar-refractivity contribution in [1.82, 2.24) is 19.9 Å². The van der Waals surface area contributed by atoms with E-state index in [0.717, 1.165) is 35.4 Å². The molecule has 6 heteroatoms. The standard InChI is InChI=1S/C29H32N4O2/c1-20-8-12-22(13-9-20)19-35-27(34)30-28(3,4)24-7-5-18-33-25(24)31-32-26(33)29(16-6-17-29)23-14-10-21(2)11-15-23/h5,7-15,18H,6,16-17,19H2,1-4H3,(H,30,34). The summed E-state index contributed by atoms with van der Waals surface area (Å²) in [6.07, 6.45) is 4.83. The molecule has 4 aromatic rings. The number of carbonyl (C=O) groups excluding carboxylic acids is 1. The largest absolute Gasteiger partial charge is 0.445 e. The molecular weight excluding hydrogens is 436 g/mol. The first-order valence-corrected chi connectivity index (χ1v) is 12.2. The Morgan fingerprint density at radius 1 is 1.00 bits per heavy atom. The maximum atomic E-state index is 12.7. The van der Waals surface area contributed by atoms with E-state index >= 15 is 0 Å². The zero-order valence-corrected chi connectivity index (χ0v) is 20.8. The number of hydrogen-bond acceptors (Lipinski definition) is 4. The highest BCUT2D eigenvalue weighted by molar-refractivity contribution is 5.69. The Balaban J connectivity index is 1.40. The summed E-state index contributed by atoms with van der Waals surface area (Å²) in [5.41, 5.74) is 5.48. The van der Waals surface area contributed by atoms with Crippen molar-refractivity contribution in [3.05, 3.63) is 101 Å². The van der Waals surface area contributed by atoms with Crippen molar-refractivity contribution < 1.29 is 9.53 Å². The molecular formula is C29H32N4O2. The van der Waals surface area contributed by atoms with Crippen molar-refractivity contribution in [3.63, 3.8) is 0 Å². The Kier molecular flexibility index (Phi) is 5.83. The molecule has 5 rings (SSSR count). The molecule has 0 atom stereocenters. The first-order chi connectivity index (χ1) is 16.8. The summed E-state index contributed by atoms with van der Waals surface area (Å²) < 4.78 is 7.59. The van der Waals surface area contributed by atoms with Crippen LogP contribution in [0.15, 0.2) is 66.9 Å². The number of hydrogen-bond donors (Lipinski definition) is 1. The van der Waals surface area contributed by atoms with Crippen LogP contribution in [-0.2, 0) is 22.3 Å². The molecule has 1 amide bonds. The number of alkyl carbamates (subject to hydrolysis) is 1. The fourth-order valence-electron chi connectivity index (χ4n) is 4.97. The second-order valence-corrected chi connectivity index (χ2v) is 10.3. The molecule has 180 valence electrons. The van der Waals surface area contributed by atoms with Crippen LogP contribution < -0.4 is 5.32 Å². The number of ether oxygens (including phenoxy) is 1. The monoisotopic (exact) mass is 468 g/mol. The Morgan fingerprint density at radius 3 is 2.29 bits per heavy atom. The van der Waals surface area contributed by atoms with Gasteiger partial charge in [-0.05, 0) is 57.7 Å². The number of carbonyl (C=O) groups is 1. The van der Waals surface area contributed by atoms with Crippen LogP contribution >= 0.6 is 0 Å². The van der Waals surface area contributed by atoms with Gasteiger partial charge in [0.2, 0.25) is 0 Å². The van der Waals surface area contributed by atoms with E-state index < -0.39 is 11.6 Å². The van der Waals surface area contributed by atoms with E-state index in [9.17, 15) is 4.79 Å². The third-order valence-corrected chi connectivity index (χ3v) is 7.25. The van der Waals surface area contributed by atoms with Gasteiger partial charge < -0.3 is 10.1 Å². The number of fused-ring (bicyclic) bond motifs is 1. The summed E-state index contributed by atoms with van der Waals surface area (Å²) in [7, 11) is 0. The Morgan fingerprint density at radius 2 is 1.66 bits per heavy atom. The number of nitrogens with zero attached hydrogens (tertiary/aromatic N) is 3. The fourth-order valence-corrected chi connectivity index (χ4v) is 4.97. The lowest BCUT2D eigenvalue weighted by Crippen LogP contribution is -2.41. The fraction of sp³-hybridized carbons (Fsp3) is 0.345. The molecule has 1 aliphatic rings. The molecule has 0 saturated heterocycles. The third-order valence-electron chi connectivity index (χ3n) is 7.25. The molecule has 0 bridgehead atoms. The van der Waals surface area contributed by atoms with E-state index in [-0.39, 0.29) is 12.0 Å². The predicted octanol–water partition coefficient (Wildman–Crippen LogP) is 5.98. The molecule has 2 aromatic heterocycles.